The topological polar surface area (TPSA) is 231 Å². The predicted octanol–water partition coefficient (Wildman–Crippen LogP) is 32.6. The smallest absolute Gasteiger partial charge is 0.463 e. The van der Waals surface area contributed by atoms with Crippen molar-refractivity contribution in [1.29, 1.82) is 0 Å². The molecular weight excluding hydrogens is 1630 g/mol. The van der Waals surface area contributed by atoms with Gasteiger partial charge >= 0.3 is 33.6 Å². The molecule has 0 heterocycles. The molecule has 5 unspecified atom stereocenters. The first kappa shape index (κ1) is 122. The maximum atomic E-state index is 13.1. The molecule has 0 bridgehead atoms. The van der Waals surface area contributed by atoms with E-state index >= 15 is 0 Å². The van der Waals surface area contributed by atoms with Crippen LogP contribution in [0.2, 0.25) is 0 Å². The molecule has 0 aromatic carbocycles. The molecule has 4 N–H and O–H groups in total. The van der Waals surface area contributed by atoms with Crippen LogP contribution < -0.4 is 0 Å². The number of carbonyl (C=O) groups excluding carboxylic acids is 3. The van der Waals surface area contributed by atoms with Gasteiger partial charge in [-0.25, -0.2) is 9.13 Å². The van der Waals surface area contributed by atoms with Gasteiger partial charge < -0.3 is 34.2 Å². The second kappa shape index (κ2) is 99.9. The average molecular weight is 1820 g/mol. The number of unbranched alkanes of at least 4 members (excludes halogenated alkanes) is 46. The molecule has 0 rings (SSSR count). The molecule has 0 amide bonds. The predicted molar refractivity (Wildman–Crippen MR) is 537 cm³/mol. The molecule has 0 saturated carbocycles. The summed E-state index contributed by atoms with van der Waals surface area (Å²) >= 11 is 0. The number of phosphoric ester groups is 2. The fraction of sp³-hybridized carbons (Fsp3) is 0.716. The van der Waals surface area contributed by atoms with E-state index in [0.717, 1.165) is 167 Å². The van der Waals surface area contributed by atoms with Gasteiger partial charge in [-0.1, -0.05) is 441 Å². The fourth-order valence-corrected chi connectivity index (χ4v) is 15.8. The molecule has 16 nitrogen and oxygen atoms in total. The number of rotatable bonds is 97. The lowest BCUT2D eigenvalue weighted by atomic mass is 10.0. The highest BCUT2D eigenvalue weighted by Crippen LogP contribution is 2.45. The third-order valence-corrected chi connectivity index (χ3v) is 23.8. The van der Waals surface area contributed by atoms with Crippen molar-refractivity contribution in [2.75, 3.05) is 39.6 Å². The van der Waals surface area contributed by atoms with E-state index in [4.69, 9.17) is 32.3 Å². The highest BCUT2D eigenvalue weighted by molar-refractivity contribution is 7.47. The Kier molecular flexibility index (Phi) is 95.9. The summed E-state index contributed by atoms with van der Waals surface area (Å²) in [5, 5.41) is 20.8. The van der Waals surface area contributed by atoms with Gasteiger partial charge in [0.05, 0.1) is 26.4 Å². The van der Waals surface area contributed by atoms with Gasteiger partial charge in [0.25, 0.3) is 0 Å². The monoisotopic (exact) mass is 1820 g/mol. The molecule has 0 aromatic heterocycles. The summed E-state index contributed by atoms with van der Waals surface area (Å²) in [6.07, 6.45) is 131. The second-order valence-electron chi connectivity index (χ2n) is 34.2. The van der Waals surface area contributed by atoms with Crippen molar-refractivity contribution in [2.24, 2.45) is 0 Å². The van der Waals surface area contributed by atoms with Gasteiger partial charge in [0, 0.05) is 19.3 Å². The van der Waals surface area contributed by atoms with E-state index in [2.05, 4.69) is 191 Å². The Bertz CT molecular complexity index is 2990. The molecule has 0 fully saturated rings. The van der Waals surface area contributed by atoms with Crippen LogP contribution in [0.15, 0.2) is 170 Å². The van der Waals surface area contributed by atoms with Crippen LogP contribution in [-0.2, 0) is 55.8 Å². The number of allylic oxidation sites excluding steroid dienone is 28. The molecule has 5 atom stereocenters. The Hall–Kier alpha value is -5.09. The molecule has 0 saturated heterocycles. The summed E-state index contributed by atoms with van der Waals surface area (Å²) in [7, 11) is -9.82. The average Bonchev–Trinajstić information content (AvgIpc) is 0.900. The fourth-order valence-electron chi connectivity index (χ4n) is 14.2. The van der Waals surface area contributed by atoms with Gasteiger partial charge in [0.2, 0.25) is 0 Å². The van der Waals surface area contributed by atoms with Crippen molar-refractivity contribution in [3.63, 3.8) is 0 Å². The van der Waals surface area contributed by atoms with Gasteiger partial charge in [0.15, 0.2) is 6.10 Å². The van der Waals surface area contributed by atoms with E-state index in [9.17, 15) is 43.5 Å². The molecule has 18 heteroatoms. The highest BCUT2D eigenvalue weighted by Gasteiger charge is 2.30. The van der Waals surface area contributed by atoms with Crippen molar-refractivity contribution in [1.82, 2.24) is 0 Å². The van der Waals surface area contributed by atoms with Crippen molar-refractivity contribution in [3.8, 4) is 0 Å². The summed E-state index contributed by atoms with van der Waals surface area (Å²) in [6.45, 7) is 2.49. The van der Waals surface area contributed by atoms with E-state index in [1.165, 1.54) is 218 Å². The van der Waals surface area contributed by atoms with Crippen LogP contribution in [-0.4, -0.2) is 95.9 Å². The first-order chi connectivity index (χ1) is 62.2. The normalized spacial score (nSPS) is 14.4. The van der Waals surface area contributed by atoms with Crippen LogP contribution in [0.3, 0.4) is 0 Å². The van der Waals surface area contributed by atoms with E-state index in [1.54, 1.807) is 0 Å². The number of aliphatic hydroxyl groups is 2. The standard InChI is InChI=1S/C109H188O16P2/c1-4-7-10-13-16-19-22-25-28-31-34-37-40-42-44-46-48-50-51-53-55-56-58-60-63-65-68-71-74-77-80-83-86-89-92-95-107(112)119-98-104(110)99-121-126(115,116)122-100-105(111)101-123-127(117,118)124-103-106(125-109(114)97-94-91-88-85-82-79-76-73-70-67-62-39-36-33-30-27-24-21-18-15-12-9-6-3)102-120-108(113)96-93-90-87-84-81-78-75-72-69-66-64-61-59-57-54-52-49-47-45-43-41-38-35-32-29-26-23-20-17-14-11-8-5-2/h8-9,11-12,16-21,25-30,34-39,42-45,67,70,104-106,110-111H,4-7,10,13-15,22-24,31-33,40-41,46-66,68-69,71-103H2,1-3H3,(H,115,116)(H,117,118)/b11-8-,12-9-,19-16-,20-17-,21-18-,28-25-,29-26-,30-27-,37-34-,38-35-,39-36-,44-42-,45-43-,70-67-. The summed E-state index contributed by atoms with van der Waals surface area (Å²) < 4.78 is 61.7. The Balaban J connectivity index is 4.54. The van der Waals surface area contributed by atoms with Crippen LogP contribution >= 0.6 is 15.6 Å². The lowest BCUT2D eigenvalue weighted by Crippen LogP contribution is -2.30. The lowest BCUT2D eigenvalue weighted by Gasteiger charge is -2.21. The zero-order valence-corrected chi connectivity index (χ0v) is 82.7. The molecule has 0 aliphatic rings. The van der Waals surface area contributed by atoms with Crippen molar-refractivity contribution >= 4 is 33.6 Å². The number of carbonyl (C=O) groups is 3. The minimum Gasteiger partial charge on any atom is -0.463 e. The van der Waals surface area contributed by atoms with Crippen LogP contribution in [0.4, 0.5) is 0 Å². The maximum Gasteiger partial charge on any atom is 0.472 e. The summed E-state index contributed by atoms with van der Waals surface area (Å²) in [5.41, 5.74) is 0. The van der Waals surface area contributed by atoms with E-state index in [-0.39, 0.29) is 19.3 Å². The number of ether oxygens (including phenoxy) is 3. The summed E-state index contributed by atoms with van der Waals surface area (Å²) in [6, 6.07) is 0. The van der Waals surface area contributed by atoms with Gasteiger partial charge in [-0.05, 0) is 154 Å². The second-order valence-corrected chi connectivity index (χ2v) is 37.1. The first-order valence-corrected chi connectivity index (χ1v) is 54.4. The van der Waals surface area contributed by atoms with Crippen LogP contribution in [0.5, 0.6) is 0 Å². The third-order valence-electron chi connectivity index (χ3n) is 21.9. The maximum absolute atomic E-state index is 13.1. The quantitative estimate of drug-likeness (QED) is 0.0146. The lowest BCUT2D eigenvalue weighted by molar-refractivity contribution is -0.161. The number of hydrogen-bond acceptors (Lipinski definition) is 14. The van der Waals surface area contributed by atoms with Gasteiger partial charge in [-0.3, -0.25) is 32.5 Å². The largest absolute Gasteiger partial charge is 0.472 e. The van der Waals surface area contributed by atoms with Gasteiger partial charge in [-0.2, -0.15) is 0 Å². The SMILES string of the molecule is CC/C=C\C/C=C\C/C=C\C/C=C\C/C=C\CCCCCCCCCCCCCCCCCCCC(=O)OCC(COP(=O)(O)OCC(O)COP(=O)(O)OCC(O)COC(=O)CCCCCCCCCCCCCCCCCCCCC/C=C\C/C=C\C/C=C\C/C=C\CCCCC)OC(=O)CCCCCCCCC/C=C\C/C=C\C/C=C\C/C=C\C/C=C\CC. The summed E-state index contributed by atoms with van der Waals surface area (Å²) in [5.74, 6) is -1.57. The van der Waals surface area contributed by atoms with E-state index in [0.29, 0.717) is 19.3 Å². The zero-order valence-electron chi connectivity index (χ0n) is 80.9. The van der Waals surface area contributed by atoms with Crippen LogP contribution in [0.1, 0.15) is 445 Å². The number of aliphatic hydroxyl groups excluding tert-OH is 2. The van der Waals surface area contributed by atoms with Crippen LogP contribution in [0, 0.1) is 0 Å². The molecule has 127 heavy (non-hydrogen) atoms. The minimum atomic E-state index is -4.95. The van der Waals surface area contributed by atoms with Gasteiger partial charge in [0.1, 0.15) is 25.4 Å². The summed E-state index contributed by atoms with van der Waals surface area (Å²) in [4.78, 5) is 59.2. The first-order valence-electron chi connectivity index (χ1n) is 51.4. The van der Waals surface area contributed by atoms with Crippen molar-refractivity contribution in [2.45, 2.75) is 463 Å². The Morgan fingerprint density at radius 2 is 0.417 bits per heavy atom. The molecule has 0 spiro atoms. The minimum absolute atomic E-state index is 0.0890. The Labute approximate surface area is 777 Å². The number of hydrogen-bond donors (Lipinski definition) is 4. The van der Waals surface area contributed by atoms with Gasteiger partial charge in [-0.15, -0.1) is 0 Å². The van der Waals surface area contributed by atoms with E-state index < -0.39 is 91.5 Å². The highest BCUT2D eigenvalue weighted by atomic mass is 31.2. The Morgan fingerprint density at radius 1 is 0.228 bits per heavy atom. The third kappa shape index (κ3) is 101. The zero-order chi connectivity index (χ0) is 92.1. The van der Waals surface area contributed by atoms with Crippen molar-refractivity contribution in [3.05, 3.63) is 170 Å². The molecule has 730 valence electrons. The van der Waals surface area contributed by atoms with Crippen LogP contribution in [0.25, 0.3) is 0 Å². The Morgan fingerprint density at radius 3 is 0.661 bits per heavy atom. The molecule has 0 aromatic rings. The number of phosphoric acid groups is 2. The molecule has 0 radical (unpaired) electrons. The molecule has 0 aliphatic carbocycles. The van der Waals surface area contributed by atoms with E-state index in [1.807, 2.05) is 0 Å². The number of esters is 3. The molecule has 0 aliphatic heterocycles. The molecular formula is C109H188O16P2. The van der Waals surface area contributed by atoms with Crippen molar-refractivity contribution < 1.29 is 75.8 Å².